The number of methoxy groups -OCH3 is 1. The van der Waals surface area contributed by atoms with E-state index < -0.39 is 0 Å². The molecule has 4 nitrogen and oxygen atoms in total. The van der Waals surface area contributed by atoms with Crippen LogP contribution in [0, 0.1) is 19.7 Å². The Bertz CT molecular complexity index is 947. The van der Waals surface area contributed by atoms with E-state index in [1.165, 1.54) is 6.07 Å². The van der Waals surface area contributed by atoms with Crippen molar-refractivity contribution in [1.82, 2.24) is 4.57 Å². The Labute approximate surface area is 152 Å². The van der Waals surface area contributed by atoms with Crippen molar-refractivity contribution in [3.05, 3.63) is 82.9 Å². The molecule has 0 fully saturated rings. The Balaban J connectivity index is 1.95. The summed E-state index contributed by atoms with van der Waals surface area (Å²) in [4.78, 5) is 12.8. The summed E-state index contributed by atoms with van der Waals surface area (Å²) in [5, 5.41) is 2.93. The van der Waals surface area contributed by atoms with E-state index in [1.807, 2.05) is 38.1 Å². The van der Waals surface area contributed by atoms with E-state index in [0.717, 1.165) is 11.3 Å². The van der Waals surface area contributed by atoms with Crippen molar-refractivity contribution >= 4 is 11.6 Å². The van der Waals surface area contributed by atoms with Crippen LogP contribution in [0.1, 0.15) is 27.3 Å². The van der Waals surface area contributed by atoms with Gasteiger partial charge in [-0.1, -0.05) is 30.3 Å². The molecule has 1 N–H and O–H groups in total. The van der Waals surface area contributed by atoms with Crippen LogP contribution in [0.2, 0.25) is 0 Å². The molecule has 3 rings (SSSR count). The van der Waals surface area contributed by atoms with Gasteiger partial charge in [0.15, 0.2) is 0 Å². The zero-order valence-electron chi connectivity index (χ0n) is 15.0. The molecule has 5 heteroatoms. The number of nitrogens with zero attached hydrogens (tertiary/aromatic N) is 1. The Morgan fingerprint density at radius 3 is 2.54 bits per heavy atom. The minimum Gasteiger partial charge on any atom is -0.380 e. The normalized spacial score (nSPS) is 10.8. The van der Waals surface area contributed by atoms with Gasteiger partial charge in [0.1, 0.15) is 5.82 Å². The maximum Gasteiger partial charge on any atom is 0.257 e. The highest BCUT2D eigenvalue weighted by atomic mass is 19.1. The van der Waals surface area contributed by atoms with Gasteiger partial charge in [-0.2, -0.15) is 0 Å². The Morgan fingerprint density at radius 2 is 1.81 bits per heavy atom. The van der Waals surface area contributed by atoms with Crippen LogP contribution in [0.5, 0.6) is 0 Å². The third-order valence-corrected chi connectivity index (χ3v) is 4.33. The van der Waals surface area contributed by atoms with Crippen molar-refractivity contribution in [3.8, 4) is 5.69 Å². The largest absolute Gasteiger partial charge is 0.380 e. The number of carbonyl (C=O) groups is 1. The third-order valence-electron chi connectivity index (χ3n) is 4.33. The van der Waals surface area contributed by atoms with Crippen molar-refractivity contribution in [2.75, 3.05) is 12.4 Å². The third kappa shape index (κ3) is 3.39. The van der Waals surface area contributed by atoms with E-state index in [9.17, 15) is 9.18 Å². The van der Waals surface area contributed by atoms with Crippen molar-refractivity contribution in [2.24, 2.45) is 0 Å². The molecule has 26 heavy (non-hydrogen) atoms. The smallest absolute Gasteiger partial charge is 0.257 e. The first-order chi connectivity index (χ1) is 12.5. The van der Waals surface area contributed by atoms with Gasteiger partial charge in [0.25, 0.3) is 5.91 Å². The number of hydrogen-bond acceptors (Lipinski definition) is 2. The maximum absolute atomic E-state index is 14.2. The number of anilines is 1. The molecule has 0 aliphatic rings. The Kier molecular flexibility index (Phi) is 5.19. The van der Waals surface area contributed by atoms with E-state index in [-0.39, 0.29) is 11.7 Å². The van der Waals surface area contributed by atoms with Crippen LogP contribution in [-0.4, -0.2) is 17.6 Å². The van der Waals surface area contributed by atoms with Gasteiger partial charge in [0.05, 0.1) is 17.9 Å². The van der Waals surface area contributed by atoms with Crippen LogP contribution in [0.25, 0.3) is 5.69 Å². The molecule has 1 aromatic heterocycles. The fourth-order valence-corrected chi connectivity index (χ4v) is 3.11. The number of benzene rings is 2. The summed E-state index contributed by atoms with van der Waals surface area (Å²) in [6, 6.07) is 15.8. The van der Waals surface area contributed by atoms with E-state index in [4.69, 9.17) is 4.74 Å². The number of aryl methyl sites for hydroxylation is 1. The molecule has 0 radical (unpaired) electrons. The number of hydrogen-bond donors (Lipinski definition) is 1. The first-order valence-electron chi connectivity index (χ1n) is 8.35. The monoisotopic (exact) mass is 352 g/mol. The van der Waals surface area contributed by atoms with Gasteiger partial charge in [0.2, 0.25) is 0 Å². The van der Waals surface area contributed by atoms with Gasteiger partial charge >= 0.3 is 0 Å². The van der Waals surface area contributed by atoms with Crippen LogP contribution >= 0.6 is 0 Å². The number of para-hydroxylation sites is 2. The molecule has 3 aromatic rings. The van der Waals surface area contributed by atoms with Crippen LogP contribution in [0.15, 0.2) is 54.6 Å². The summed E-state index contributed by atoms with van der Waals surface area (Å²) < 4.78 is 21.1. The zero-order chi connectivity index (χ0) is 18.7. The summed E-state index contributed by atoms with van der Waals surface area (Å²) in [5.74, 6) is -0.559. The second-order valence-corrected chi connectivity index (χ2v) is 6.12. The lowest BCUT2D eigenvalue weighted by Gasteiger charge is -2.12. The second kappa shape index (κ2) is 7.54. The lowest BCUT2D eigenvalue weighted by Crippen LogP contribution is -2.14. The number of nitrogens with one attached hydrogen (secondary N) is 1. The zero-order valence-corrected chi connectivity index (χ0v) is 15.0. The molecule has 2 aromatic carbocycles. The lowest BCUT2D eigenvalue weighted by atomic mass is 10.1. The predicted octanol–water partition coefficient (Wildman–Crippen LogP) is 4.63. The fraction of sp³-hybridized carbons (Fsp3) is 0.190. The Hall–Kier alpha value is -2.92. The van der Waals surface area contributed by atoms with Crippen molar-refractivity contribution in [1.29, 1.82) is 0 Å². The summed E-state index contributed by atoms with van der Waals surface area (Å²) >= 11 is 0. The van der Waals surface area contributed by atoms with Crippen LogP contribution in [0.4, 0.5) is 10.1 Å². The molecule has 0 aliphatic carbocycles. The lowest BCUT2D eigenvalue weighted by molar-refractivity contribution is 0.102. The van der Waals surface area contributed by atoms with E-state index in [2.05, 4.69) is 5.32 Å². The highest BCUT2D eigenvalue weighted by molar-refractivity contribution is 6.05. The number of rotatable bonds is 5. The number of carbonyl (C=O) groups excluding carboxylic acids is 1. The standard InChI is InChI=1S/C21H21FN2O2/c1-14-12-17(15(2)24(14)20-11-7-5-9-18(20)22)21(25)23-19-10-6-4-8-16(19)13-26-3/h4-12H,13H2,1-3H3,(H,23,25). The van der Waals surface area contributed by atoms with Crippen molar-refractivity contribution < 1.29 is 13.9 Å². The van der Waals surface area contributed by atoms with Gasteiger partial charge in [-0.05, 0) is 38.1 Å². The van der Waals surface area contributed by atoms with E-state index in [1.54, 1.807) is 35.9 Å². The van der Waals surface area contributed by atoms with Crippen molar-refractivity contribution in [2.45, 2.75) is 20.5 Å². The maximum atomic E-state index is 14.2. The molecule has 134 valence electrons. The molecule has 0 aliphatic heterocycles. The highest BCUT2D eigenvalue weighted by Gasteiger charge is 2.19. The first kappa shape index (κ1) is 17.9. The SMILES string of the molecule is COCc1ccccc1NC(=O)c1cc(C)n(-c2ccccc2F)c1C. The van der Waals surface area contributed by atoms with Gasteiger partial charge in [0, 0.05) is 29.7 Å². The average Bonchev–Trinajstić information content (AvgIpc) is 2.92. The highest BCUT2D eigenvalue weighted by Crippen LogP contribution is 2.24. The number of amides is 1. The minimum absolute atomic E-state index is 0.232. The molecule has 0 spiro atoms. The van der Waals surface area contributed by atoms with Gasteiger partial charge in [-0.3, -0.25) is 4.79 Å². The first-order valence-corrected chi connectivity index (χ1v) is 8.35. The van der Waals surface area contributed by atoms with Gasteiger partial charge in [-0.15, -0.1) is 0 Å². The molecule has 1 amide bonds. The molecule has 0 unspecified atom stereocenters. The average molecular weight is 352 g/mol. The quantitative estimate of drug-likeness (QED) is 0.727. The predicted molar refractivity (Wildman–Crippen MR) is 100 cm³/mol. The van der Waals surface area contributed by atoms with E-state index >= 15 is 0 Å². The van der Waals surface area contributed by atoms with Crippen molar-refractivity contribution in [3.63, 3.8) is 0 Å². The molecule has 0 bridgehead atoms. The summed E-state index contributed by atoms with van der Waals surface area (Å²) in [6.07, 6.45) is 0. The molecule has 0 atom stereocenters. The molecular weight excluding hydrogens is 331 g/mol. The van der Waals surface area contributed by atoms with Crippen LogP contribution in [0.3, 0.4) is 0 Å². The summed E-state index contributed by atoms with van der Waals surface area (Å²) in [5.41, 5.74) is 4.03. The molecule has 1 heterocycles. The van der Waals surface area contributed by atoms with Crippen LogP contribution < -0.4 is 5.32 Å². The number of ether oxygens (including phenoxy) is 1. The number of halogens is 1. The summed E-state index contributed by atoms with van der Waals surface area (Å²) in [7, 11) is 1.61. The van der Waals surface area contributed by atoms with Crippen LogP contribution in [-0.2, 0) is 11.3 Å². The molecular formula is C21H21FN2O2. The minimum atomic E-state index is -0.327. The molecule has 0 saturated carbocycles. The Morgan fingerprint density at radius 1 is 1.12 bits per heavy atom. The topological polar surface area (TPSA) is 43.3 Å². The number of aromatic nitrogens is 1. The second-order valence-electron chi connectivity index (χ2n) is 6.12. The fourth-order valence-electron chi connectivity index (χ4n) is 3.11. The van der Waals surface area contributed by atoms with E-state index in [0.29, 0.717) is 29.2 Å². The van der Waals surface area contributed by atoms with Gasteiger partial charge in [-0.25, -0.2) is 4.39 Å². The molecule has 0 saturated heterocycles. The van der Waals surface area contributed by atoms with Gasteiger partial charge < -0.3 is 14.6 Å². The summed E-state index contributed by atoms with van der Waals surface area (Å²) in [6.45, 7) is 4.08.